The largest absolute Gasteiger partial charge is 0.409 e. The maximum absolute atomic E-state index is 6.50. The highest BCUT2D eigenvalue weighted by molar-refractivity contribution is 9.11. The van der Waals surface area contributed by atoms with Gasteiger partial charge in [-0.15, -0.1) is 0 Å². The molecule has 1 unspecified atom stereocenters. The van der Waals surface area contributed by atoms with Crippen LogP contribution >= 0.6 is 15.9 Å². The Hall–Kier alpha value is 0.137. The van der Waals surface area contributed by atoms with Crippen molar-refractivity contribution in [1.82, 2.24) is 0 Å². The molecule has 0 radical (unpaired) electrons. The first kappa shape index (κ1) is 20.9. The van der Waals surface area contributed by atoms with Gasteiger partial charge in [-0.25, -0.2) is 0 Å². The second kappa shape index (κ2) is 7.52. The Morgan fingerprint density at radius 1 is 1.31 bits per heavy atom. The molecule has 3 heteroatoms. The molecule has 0 spiro atoms. The lowest BCUT2D eigenvalue weighted by Gasteiger charge is -2.44. The quantitative estimate of drug-likeness (QED) is 0.315. The third kappa shape index (κ3) is 4.25. The lowest BCUT2D eigenvalue weighted by Crippen LogP contribution is -2.39. The summed E-state index contributed by atoms with van der Waals surface area (Å²) in [5.41, 5.74) is 2.19. The molecule has 0 heterocycles. The highest BCUT2D eigenvalue weighted by atomic mass is 79.9. The van der Waals surface area contributed by atoms with E-state index in [1.807, 2.05) is 0 Å². The van der Waals surface area contributed by atoms with Crippen LogP contribution in [0.5, 0.6) is 0 Å². The van der Waals surface area contributed by atoms with Gasteiger partial charge in [0.2, 0.25) is 0 Å². The van der Waals surface area contributed by atoms with E-state index in [2.05, 4.69) is 73.5 Å². The van der Waals surface area contributed by atoms with E-state index in [9.17, 15) is 0 Å². The van der Waals surface area contributed by atoms with Crippen molar-refractivity contribution in [2.24, 2.45) is 29.1 Å². The SMILES string of the molecule is C[C@H](C[C@@H]1C=C[C@](C)(O[Si](C)(C)C)C1)[C@H]1CCC2C(=CBr)CCC[C@@]21C. The van der Waals surface area contributed by atoms with Crippen LogP contribution in [0.4, 0.5) is 0 Å². The summed E-state index contributed by atoms with van der Waals surface area (Å²) in [6.45, 7) is 14.4. The summed E-state index contributed by atoms with van der Waals surface area (Å²) in [7, 11) is -1.50. The third-order valence-electron chi connectivity index (χ3n) is 7.47. The van der Waals surface area contributed by atoms with Gasteiger partial charge in [0.15, 0.2) is 8.32 Å². The predicted octanol–water partition coefficient (Wildman–Crippen LogP) is 7.69. The van der Waals surface area contributed by atoms with Gasteiger partial charge in [-0.05, 0) is 106 Å². The van der Waals surface area contributed by atoms with Crippen molar-refractivity contribution < 1.29 is 4.43 Å². The molecular weight excluding hydrogens is 400 g/mol. The summed E-state index contributed by atoms with van der Waals surface area (Å²) < 4.78 is 6.50. The number of fused-ring (bicyclic) bond motifs is 1. The molecule has 0 bridgehead atoms. The Morgan fingerprint density at radius 2 is 2.04 bits per heavy atom. The van der Waals surface area contributed by atoms with Crippen molar-refractivity contribution in [3.8, 4) is 0 Å². The molecule has 3 aliphatic rings. The molecule has 2 saturated carbocycles. The van der Waals surface area contributed by atoms with Crippen LogP contribution in [0.3, 0.4) is 0 Å². The molecule has 26 heavy (non-hydrogen) atoms. The Bertz CT molecular complexity index is 577. The Morgan fingerprint density at radius 3 is 2.69 bits per heavy atom. The molecular formula is C23H39BrOSi. The van der Waals surface area contributed by atoms with Crippen LogP contribution in [-0.2, 0) is 4.43 Å². The molecule has 2 fully saturated rings. The van der Waals surface area contributed by atoms with E-state index in [0.29, 0.717) is 11.3 Å². The maximum Gasteiger partial charge on any atom is 0.184 e. The van der Waals surface area contributed by atoms with Crippen LogP contribution in [0, 0.1) is 29.1 Å². The van der Waals surface area contributed by atoms with Crippen molar-refractivity contribution in [3.05, 3.63) is 22.7 Å². The van der Waals surface area contributed by atoms with Gasteiger partial charge in [-0.2, -0.15) is 0 Å². The monoisotopic (exact) mass is 438 g/mol. The molecule has 148 valence electrons. The standard InChI is InChI=1S/C23H39BrOSi/c1-17(14-18-11-13-22(2,15-18)25-26(4,5)6)20-9-10-21-19(16-24)8-7-12-23(20,21)3/h11,13,16-18,20-21H,7-10,12,14-15H2,1-6H3/t17-,18+,20-,21?,22+,23-/m1/s1. The number of rotatable bonds is 5. The summed E-state index contributed by atoms with van der Waals surface area (Å²) in [4.78, 5) is 2.25. The summed E-state index contributed by atoms with van der Waals surface area (Å²) >= 11 is 3.65. The number of allylic oxidation sites excluding steroid dienone is 2. The number of halogens is 1. The molecule has 6 atom stereocenters. The Labute approximate surface area is 171 Å². The van der Waals surface area contributed by atoms with E-state index < -0.39 is 8.32 Å². The molecule has 3 aliphatic carbocycles. The lowest BCUT2D eigenvalue weighted by atomic mass is 9.61. The zero-order chi connectivity index (χ0) is 19.2. The summed E-state index contributed by atoms with van der Waals surface area (Å²) in [6, 6.07) is 0. The summed E-state index contributed by atoms with van der Waals surface area (Å²) in [5, 5.41) is 0. The fourth-order valence-corrected chi connectivity index (χ4v) is 8.82. The van der Waals surface area contributed by atoms with E-state index in [4.69, 9.17) is 4.43 Å². The number of hydrogen-bond acceptors (Lipinski definition) is 1. The van der Waals surface area contributed by atoms with Gasteiger partial charge in [0.25, 0.3) is 0 Å². The highest BCUT2D eigenvalue weighted by Gasteiger charge is 2.51. The van der Waals surface area contributed by atoms with Gasteiger partial charge in [0, 0.05) is 0 Å². The van der Waals surface area contributed by atoms with Crippen molar-refractivity contribution in [3.63, 3.8) is 0 Å². The lowest BCUT2D eigenvalue weighted by molar-refractivity contribution is 0.0811. The van der Waals surface area contributed by atoms with Gasteiger partial charge < -0.3 is 4.43 Å². The molecule has 0 aromatic rings. The molecule has 0 aromatic heterocycles. The van der Waals surface area contributed by atoms with Gasteiger partial charge in [0.1, 0.15) is 0 Å². The van der Waals surface area contributed by atoms with Crippen LogP contribution in [-0.4, -0.2) is 13.9 Å². The molecule has 0 amide bonds. The fourth-order valence-electron chi connectivity index (χ4n) is 6.72. The first-order valence-corrected chi connectivity index (χ1v) is 15.1. The second-order valence-electron chi connectivity index (χ2n) is 10.8. The molecule has 0 saturated heterocycles. The van der Waals surface area contributed by atoms with Crippen LogP contribution in [0.1, 0.15) is 65.7 Å². The topological polar surface area (TPSA) is 9.23 Å². The minimum absolute atomic E-state index is 0.0202. The predicted molar refractivity (Wildman–Crippen MR) is 119 cm³/mol. The number of hydrogen-bond donors (Lipinski definition) is 0. The van der Waals surface area contributed by atoms with Gasteiger partial charge >= 0.3 is 0 Å². The minimum atomic E-state index is -1.50. The molecule has 0 aliphatic heterocycles. The highest BCUT2D eigenvalue weighted by Crippen LogP contribution is 2.60. The van der Waals surface area contributed by atoms with Gasteiger partial charge in [0.05, 0.1) is 5.60 Å². The average molecular weight is 440 g/mol. The van der Waals surface area contributed by atoms with Gasteiger partial charge in [-0.3, -0.25) is 0 Å². The molecule has 0 N–H and O–H groups in total. The first-order valence-electron chi connectivity index (χ1n) is 10.7. The molecule has 3 rings (SSSR count). The van der Waals surface area contributed by atoms with Crippen LogP contribution in [0.15, 0.2) is 22.7 Å². The molecule has 1 nitrogen and oxygen atoms in total. The minimum Gasteiger partial charge on any atom is -0.409 e. The van der Waals surface area contributed by atoms with Gasteiger partial charge in [-0.1, -0.05) is 47.5 Å². The van der Waals surface area contributed by atoms with Crippen molar-refractivity contribution >= 4 is 24.2 Å². The normalized spacial score (nSPS) is 43.0. The van der Waals surface area contributed by atoms with E-state index >= 15 is 0 Å². The van der Waals surface area contributed by atoms with Crippen LogP contribution in [0.2, 0.25) is 19.6 Å². The Balaban J connectivity index is 1.63. The maximum atomic E-state index is 6.50. The summed E-state index contributed by atoms with van der Waals surface area (Å²) in [5.74, 6) is 3.21. The van der Waals surface area contributed by atoms with Crippen LogP contribution in [0.25, 0.3) is 0 Å². The van der Waals surface area contributed by atoms with Crippen molar-refractivity contribution in [1.29, 1.82) is 0 Å². The smallest absolute Gasteiger partial charge is 0.184 e. The summed E-state index contributed by atoms with van der Waals surface area (Å²) in [6.07, 6.45) is 14.3. The zero-order valence-corrected chi connectivity index (χ0v) is 20.4. The van der Waals surface area contributed by atoms with E-state index in [1.54, 1.807) is 5.57 Å². The van der Waals surface area contributed by atoms with Crippen molar-refractivity contribution in [2.45, 2.75) is 91.0 Å². The van der Waals surface area contributed by atoms with Crippen molar-refractivity contribution in [2.75, 3.05) is 0 Å². The Kier molecular flexibility index (Phi) is 6.03. The first-order chi connectivity index (χ1) is 12.1. The van der Waals surface area contributed by atoms with Crippen LogP contribution < -0.4 is 0 Å². The van der Waals surface area contributed by atoms with E-state index in [-0.39, 0.29) is 5.60 Å². The second-order valence-corrected chi connectivity index (χ2v) is 15.7. The molecule has 0 aromatic carbocycles. The third-order valence-corrected chi connectivity index (χ3v) is 9.13. The van der Waals surface area contributed by atoms with E-state index in [0.717, 1.165) is 17.8 Å². The van der Waals surface area contributed by atoms with E-state index in [1.165, 1.54) is 44.9 Å². The zero-order valence-electron chi connectivity index (χ0n) is 17.8. The average Bonchev–Trinajstić information content (AvgIpc) is 3.04. The fraction of sp³-hybridized carbons (Fsp3) is 0.826.